The van der Waals surface area contributed by atoms with Crippen LogP contribution >= 0.6 is 23.2 Å². The lowest BCUT2D eigenvalue weighted by Gasteiger charge is -2.08. The van der Waals surface area contributed by atoms with Gasteiger partial charge >= 0.3 is 0 Å². The van der Waals surface area contributed by atoms with Crippen molar-refractivity contribution < 1.29 is 4.39 Å². The number of aromatic nitrogens is 1. The van der Waals surface area contributed by atoms with E-state index in [1.807, 2.05) is 35.0 Å². The van der Waals surface area contributed by atoms with Gasteiger partial charge in [0.2, 0.25) is 0 Å². The molecular formula is C15H10Cl2FN. The quantitative estimate of drug-likeness (QED) is 0.617. The number of fused-ring (bicyclic) bond motifs is 1. The molecule has 0 N–H and O–H groups in total. The predicted octanol–water partition coefficient (Wildman–Crippen LogP) is 5.14. The van der Waals surface area contributed by atoms with Crippen molar-refractivity contribution in [3.05, 3.63) is 70.1 Å². The summed E-state index contributed by atoms with van der Waals surface area (Å²) in [6.45, 7) is 0.402. The molecule has 0 spiro atoms. The molecule has 0 amide bonds. The number of hydrogen-bond acceptors (Lipinski definition) is 0. The fourth-order valence-electron chi connectivity index (χ4n) is 2.19. The summed E-state index contributed by atoms with van der Waals surface area (Å²) >= 11 is 12.1. The second-order valence-corrected chi connectivity index (χ2v) is 5.20. The molecule has 96 valence electrons. The molecule has 0 bridgehead atoms. The molecule has 0 fully saturated rings. The molecule has 19 heavy (non-hydrogen) atoms. The summed E-state index contributed by atoms with van der Waals surface area (Å²) in [6, 6.07) is 12.2. The molecule has 0 aliphatic heterocycles. The molecule has 3 rings (SSSR count). The fourth-order valence-corrected chi connectivity index (χ4v) is 2.68. The number of benzene rings is 2. The number of para-hydroxylation sites is 1. The smallest absolute Gasteiger partial charge is 0.128 e. The van der Waals surface area contributed by atoms with Crippen LogP contribution in [0.1, 0.15) is 5.56 Å². The molecule has 0 radical (unpaired) electrons. The third-order valence-corrected chi connectivity index (χ3v) is 3.63. The van der Waals surface area contributed by atoms with E-state index in [1.165, 1.54) is 6.07 Å². The van der Waals surface area contributed by atoms with E-state index >= 15 is 0 Å². The molecule has 2 aromatic carbocycles. The zero-order valence-electron chi connectivity index (χ0n) is 9.91. The Labute approximate surface area is 120 Å². The highest BCUT2D eigenvalue weighted by Crippen LogP contribution is 2.26. The molecule has 0 unspecified atom stereocenters. The van der Waals surface area contributed by atoms with Crippen molar-refractivity contribution >= 4 is 34.1 Å². The maximum absolute atomic E-state index is 13.8. The molecule has 0 saturated carbocycles. The number of hydrogen-bond donors (Lipinski definition) is 0. The van der Waals surface area contributed by atoms with Crippen molar-refractivity contribution in [3.8, 4) is 0 Å². The molecule has 0 aliphatic carbocycles. The first-order valence-electron chi connectivity index (χ1n) is 5.82. The molecule has 1 nitrogen and oxygen atoms in total. The summed E-state index contributed by atoms with van der Waals surface area (Å²) in [6.07, 6.45) is 1.90. The Morgan fingerprint density at radius 1 is 1.05 bits per heavy atom. The van der Waals surface area contributed by atoms with Crippen LogP contribution in [0.2, 0.25) is 10.0 Å². The van der Waals surface area contributed by atoms with E-state index in [9.17, 15) is 4.39 Å². The Kier molecular flexibility index (Phi) is 3.21. The second kappa shape index (κ2) is 4.87. The first-order chi connectivity index (χ1) is 9.15. The van der Waals surface area contributed by atoms with Crippen molar-refractivity contribution in [2.75, 3.05) is 0 Å². The number of nitrogens with zero attached hydrogens (tertiary/aromatic N) is 1. The first kappa shape index (κ1) is 12.5. The minimum absolute atomic E-state index is 0.265. The van der Waals surface area contributed by atoms with Gasteiger partial charge in [-0.05, 0) is 30.3 Å². The molecule has 0 atom stereocenters. The van der Waals surface area contributed by atoms with Crippen LogP contribution in [0.5, 0.6) is 0 Å². The fraction of sp³-hybridized carbons (Fsp3) is 0.0667. The summed E-state index contributed by atoms with van der Waals surface area (Å²) in [4.78, 5) is 0. The number of halogens is 3. The Morgan fingerprint density at radius 3 is 2.74 bits per heavy atom. The average molecular weight is 294 g/mol. The largest absolute Gasteiger partial charge is 0.342 e. The van der Waals surface area contributed by atoms with E-state index in [2.05, 4.69) is 0 Å². The summed E-state index contributed by atoms with van der Waals surface area (Å²) in [5.41, 5.74) is 1.45. The highest BCUT2D eigenvalue weighted by molar-refractivity contribution is 6.35. The van der Waals surface area contributed by atoms with Crippen molar-refractivity contribution in [1.29, 1.82) is 0 Å². The minimum Gasteiger partial charge on any atom is -0.342 e. The van der Waals surface area contributed by atoms with Gasteiger partial charge in [0, 0.05) is 22.2 Å². The SMILES string of the molecule is Fc1ccc(Cl)cc1Cn1ccc2cccc(Cl)c21. The molecule has 4 heteroatoms. The third kappa shape index (κ3) is 2.34. The van der Waals surface area contributed by atoms with Crippen LogP contribution in [0.15, 0.2) is 48.7 Å². The molecular weight excluding hydrogens is 284 g/mol. The molecule has 0 saturated heterocycles. The van der Waals surface area contributed by atoms with Crippen LogP contribution in [-0.2, 0) is 6.54 Å². The van der Waals surface area contributed by atoms with Crippen LogP contribution in [0.25, 0.3) is 10.9 Å². The summed E-state index contributed by atoms with van der Waals surface area (Å²) in [7, 11) is 0. The van der Waals surface area contributed by atoms with Gasteiger partial charge < -0.3 is 4.57 Å². The normalized spacial score (nSPS) is 11.1. The van der Waals surface area contributed by atoms with Crippen molar-refractivity contribution in [1.82, 2.24) is 4.57 Å². The van der Waals surface area contributed by atoms with Crippen LogP contribution in [-0.4, -0.2) is 4.57 Å². The highest BCUT2D eigenvalue weighted by atomic mass is 35.5. The lowest BCUT2D eigenvalue weighted by molar-refractivity contribution is 0.602. The topological polar surface area (TPSA) is 4.93 Å². The Hall–Kier alpha value is -1.51. The van der Waals surface area contributed by atoms with Crippen molar-refractivity contribution in [3.63, 3.8) is 0 Å². The van der Waals surface area contributed by atoms with Gasteiger partial charge in [-0.3, -0.25) is 0 Å². The number of rotatable bonds is 2. The molecule has 0 aliphatic rings. The van der Waals surface area contributed by atoms with Crippen LogP contribution in [0.3, 0.4) is 0 Å². The zero-order chi connectivity index (χ0) is 13.4. The lowest BCUT2D eigenvalue weighted by atomic mass is 10.2. The monoisotopic (exact) mass is 293 g/mol. The standard InChI is InChI=1S/C15H10Cl2FN/c16-12-4-5-14(18)11(8-12)9-19-7-6-10-2-1-3-13(17)15(10)19/h1-8H,9H2. The first-order valence-corrected chi connectivity index (χ1v) is 6.58. The van der Waals surface area contributed by atoms with Gasteiger partial charge in [-0.25, -0.2) is 4.39 Å². The highest BCUT2D eigenvalue weighted by Gasteiger charge is 2.08. The minimum atomic E-state index is -0.265. The van der Waals surface area contributed by atoms with Gasteiger partial charge in [-0.15, -0.1) is 0 Å². The van der Waals surface area contributed by atoms with E-state index in [1.54, 1.807) is 12.1 Å². The molecule has 1 heterocycles. The van der Waals surface area contributed by atoms with Crippen LogP contribution in [0, 0.1) is 5.82 Å². The maximum atomic E-state index is 13.8. The summed E-state index contributed by atoms with van der Waals surface area (Å²) < 4.78 is 15.7. The van der Waals surface area contributed by atoms with Gasteiger partial charge in [0.1, 0.15) is 5.82 Å². The zero-order valence-corrected chi connectivity index (χ0v) is 11.4. The third-order valence-electron chi connectivity index (χ3n) is 3.09. The average Bonchev–Trinajstić information content (AvgIpc) is 2.79. The van der Waals surface area contributed by atoms with Crippen LogP contribution < -0.4 is 0 Å². The maximum Gasteiger partial charge on any atom is 0.128 e. The Balaban J connectivity index is 2.08. The molecule has 1 aromatic heterocycles. The summed E-state index contributed by atoms with van der Waals surface area (Å²) in [5.74, 6) is -0.265. The second-order valence-electron chi connectivity index (χ2n) is 4.36. The van der Waals surface area contributed by atoms with E-state index in [0.29, 0.717) is 22.2 Å². The van der Waals surface area contributed by atoms with E-state index in [-0.39, 0.29) is 5.82 Å². The van der Waals surface area contributed by atoms with Gasteiger partial charge in [-0.1, -0.05) is 35.3 Å². The molecule has 3 aromatic rings. The summed E-state index contributed by atoms with van der Waals surface area (Å²) in [5, 5.41) is 2.22. The predicted molar refractivity (Wildman–Crippen MR) is 77.5 cm³/mol. The van der Waals surface area contributed by atoms with Gasteiger partial charge in [-0.2, -0.15) is 0 Å². The van der Waals surface area contributed by atoms with Crippen molar-refractivity contribution in [2.24, 2.45) is 0 Å². The Bertz CT molecular complexity index is 749. The van der Waals surface area contributed by atoms with E-state index in [0.717, 1.165) is 10.9 Å². The lowest BCUT2D eigenvalue weighted by Crippen LogP contribution is -2.00. The van der Waals surface area contributed by atoms with Crippen LogP contribution in [0.4, 0.5) is 4.39 Å². The van der Waals surface area contributed by atoms with Gasteiger partial charge in [0.15, 0.2) is 0 Å². The van der Waals surface area contributed by atoms with Gasteiger partial charge in [0.25, 0.3) is 0 Å². The van der Waals surface area contributed by atoms with E-state index < -0.39 is 0 Å². The van der Waals surface area contributed by atoms with Crippen molar-refractivity contribution in [2.45, 2.75) is 6.54 Å². The Morgan fingerprint density at radius 2 is 1.89 bits per heavy atom. The van der Waals surface area contributed by atoms with Gasteiger partial charge in [0.05, 0.1) is 17.1 Å². The van der Waals surface area contributed by atoms with E-state index in [4.69, 9.17) is 23.2 Å².